The second kappa shape index (κ2) is 9.50. The van der Waals surface area contributed by atoms with E-state index in [1.54, 1.807) is 24.3 Å². The van der Waals surface area contributed by atoms with E-state index in [1.165, 1.54) is 18.2 Å². The van der Waals surface area contributed by atoms with Crippen molar-refractivity contribution in [1.29, 1.82) is 0 Å². The molecule has 1 atom stereocenters. The molecule has 0 saturated carbocycles. The quantitative estimate of drug-likeness (QED) is 0.618. The number of hydrogen-bond donors (Lipinski definition) is 2. The van der Waals surface area contributed by atoms with Crippen molar-refractivity contribution >= 4 is 11.8 Å². The highest BCUT2D eigenvalue weighted by atomic mass is 19.1. The van der Waals surface area contributed by atoms with Gasteiger partial charge in [-0.2, -0.15) is 0 Å². The molecule has 3 N–H and O–H groups in total. The van der Waals surface area contributed by atoms with Crippen LogP contribution in [0.3, 0.4) is 0 Å². The normalized spacial score (nSPS) is 11.5. The fraction of sp³-hybridized carbons (Fsp3) is 0.130. The maximum absolute atomic E-state index is 13.8. The van der Waals surface area contributed by atoms with E-state index in [0.717, 1.165) is 11.1 Å². The van der Waals surface area contributed by atoms with Gasteiger partial charge in [0.2, 0.25) is 5.91 Å². The molecule has 3 rings (SSSR count). The third-order valence-electron chi connectivity index (χ3n) is 4.35. The van der Waals surface area contributed by atoms with Gasteiger partial charge in [-0.15, -0.1) is 0 Å². The van der Waals surface area contributed by atoms with Gasteiger partial charge < -0.3 is 15.8 Å². The molecule has 0 bridgehead atoms. The van der Waals surface area contributed by atoms with Crippen LogP contribution in [-0.2, 0) is 17.8 Å². The fourth-order valence-corrected chi connectivity index (χ4v) is 2.84. The number of nitrogens with two attached hydrogens (primary N) is 1. The van der Waals surface area contributed by atoms with Crippen molar-refractivity contribution in [2.24, 2.45) is 5.73 Å². The van der Waals surface area contributed by atoms with E-state index in [9.17, 15) is 14.0 Å². The van der Waals surface area contributed by atoms with Crippen LogP contribution < -0.4 is 15.8 Å². The number of carbonyl (C=O) groups excluding carboxylic acids is 2. The summed E-state index contributed by atoms with van der Waals surface area (Å²) in [4.78, 5) is 24.1. The van der Waals surface area contributed by atoms with Crippen molar-refractivity contribution in [2.75, 3.05) is 0 Å². The summed E-state index contributed by atoms with van der Waals surface area (Å²) >= 11 is 0. The zero-order valence-corrected chi connectivity index (χ0v) is 15.7. The molecule has 0 spiro atoms. The van der Waals surface area contributed by atoms with E-state index in [4.69, 9.17) is 10.5 Å². The molecular formula is C23H21FN2O3. The molecular weight excluding hydrogens is 371 g/mol. The predicted octanol–water partition coefficient (Wildman–Crippen LogP) is 3.23. The average molecular weight is 392 g/mol. The lowest BCUT2D eigenvalue weighted by Gasteiger charge is -2.16. The Labute approximate surface area is 168 Å². The summed E-state index contributed by atoms with van der Waals surface area (Å²) < 4.78 is 19.6. The highest BCUT2D eigenvalue weighted by molar-refractivity contribution is 5.97. The molecule has 0 aromatic heterocycles. The molecule has 2 amide bonds. The van der Waals surface area contributed by atoms with Gasteiger partial charge >= 0.3 is 0 Å². The van der Waals surface area contributed by atoms with Crippen molar-refractivity contribution in [3.05, 3.63) is 101 Å². The minimum Gasteiger partial charge on any atom is -0.489 e. The summed E-state index contributed by atoms with van der Waals surface area (Å²) in [7, 11) is 0. The summed E-state index contributed by atoms with van der Waals surface area (Å²) in [6.45, 7) is 0.410. The van der Waals surface area contributed by atoms with Crippen molar-refractivity contribution in [1.82, 2.24) is 5.32 Å². The van der Waals surface area contributed by atoms with Crippen LogP contribution in [0.2, 0.25) is 0 Å². The first-order valence-corrected chi connectivity index (χ1v) is 9.13. The van der Waals surface area contributed by atoms with Gasteiger partial charge in [0.15, 0.2) is 0 Å². The summed E-state index contributed by atoms with van der Waals surface area (Å²) in [5.41, 5.74) is 7.09. The minimum absolute atomic E-state index is 0.140. The first-order valence-electron chi connectivity index (χ1n) is 9.13. The van der Waals surface area contributed by atoms with Crippen LogP contribution in [-0.4, -0.2) is 17.9 Å². The topological polar surface area (TPSA) is 81.4 Å². The molecule has 3 aromatic rings. The lowest BCUT2D eigenvalue weighted by molar-refractivity contribution is -0.119. The van der Waals surface area contributed by atoms with Crippen LogP contribution in [0.15, 0.2) is 78.9 Å². The zero-order valence-electron chi connectivity index (χ0n) is 15.7. The van der Waals surface area contributed by atoms with Gasteiger partial charge in [-0.05, 0) is 35.4 Å². The Hall–Kier alpha value is -3.67. The Balaban J connectivity index is 1.66. The minimum atomic E-state index is -0.980. The lowest BCUT2D eigenvalue weighted by Crippen LogP contribution is -2.46. The number of rotatable bonds is 8. The van der Waals surface area contributed by atoms with E-state index in [1.807, 2.05) is 36.4 Å². The summed E-state index contributed by atoms with van der Waals surface area (Å²) in [6.07, 6.45) is 0.165. The Morgan fingerprint density at radius 3 is 2.34 bits per heavy atom. The van der Waals surface area contributed by atoms with Crippen LogP contribution in [0.25, 0.3) is 0 Å². The van der Waals surface area contributed by atoms with E-state index < -0.39 is 23.7 Å². The van der Waals surface area contributed by atoms with E-state index in [-0.39, 0.29) is 12.0 Å². The van der Waals surface area contributed by atoms with Crippen LogP contribution in [0.5, 0.6) is 5.75 Å². The molecule has 6 heteroatoms. The highest BCUT2D eigenvalue weighted by Gasteiger charge is 2.21. The van der Waals surface area contributed by atoms with Gasteiger partial charge in [-0.3, -0.25) is 9.59 Å². The van der Waals surface area contributed by atoms with Gasteiger partial charge in [0, 0.05) is 6.42 Å². The van der Waals surface area contributed by atoms with Crippen molar-refractivity contribution in [3.8, 4) is 5.75 Å². The van der Waals surface area contributed by atoms with E-state index in [2.05, 4.69) is 5.32 Å². The molecule has 0 unspecified atom stereocenters. The standard InChI is InChI=1S/C23H21FN2O3/c24-20-12-5-4-11-19(20)23(28)26-21(22(25)27)14-17-9-6-10-18(13-17)29-15-16-7-2-1-3-8-16/h1-13,21H,14-15H2,(H2,25,27)(H,26,28)/t21-/m0/s1. The smallest absolute Gasteiger partial charge is 0.254 e. The van der Waals surface area contributed by atoms with E-state index >= 15 is 0 Å². The second-order valence-corrected chi connectivity index (χ2v) is 6.53. The molecule has 0 saturated heterocycles. The Morgan fingerprint density at radius 2 is 1.62 bits per heavy atom. The van der Waals surface area contributed by atoms with Gasteiger partial charge in [-0.1, -0.05) is 54.6 Å². The molecule has 5 nitrogen and oxygen atoms in total. The molecule has 3 aromatic carbocycles. The van der Waals surface area contributed by atoms with Gasteiger partial charge in [-0.25, -0.2) is 4.39 Å². The van der Waals surface area contributed by atoms with Crippen LogP contribution in [0.1, 0.15) is 21.5 Å². The highest BCUT2D eigenvalue weighted by Crippen LogP contribution is 2.17. The molecule has 148 valence electrons. The monoisotopic (exact) mass is 392 g/mol. The zero-order chi connectivity index (χ0) is 20.6. The summed E-state index contributed by atoms with van der Waals surface area (Å²) in [6, 6.07) is 21.5. The Morgan fingerprint density at radius 1 is 0.931 bits per heavy atom. The number of hydrogen-bond acceptors (Lipinski definition) is 3. The number of ether oxygens (including phenoxy) is 1. The number of amides is 2. The first kappa shape index (κ1) is 20.1. The SMILES string of the molecule is NC(=O)[C@H](Cc1cccc(OCc2ccccc2)c1)NC(=O)c1ccccc1F. The summed E-state index contributed by atoms with van der Waals surface area (Å²) in [5, 5.41) is 2.51. The third-order valence-corrected chi connectivity index (χ3v) is 4.35. The van der Waals surface area contributed by atoms with Crippen LogP contribution in [0, 0.1) is 5.82 Å². The van der Waals surface area contributed by atoms with Gasteiger partial charge in [0.25, 0.3) is 5.91 Å². The molecule has 0 heterocycles. The average Bonchev–Trinajstić information content (AvgIpc) is 2.73. The molecule has 0 fully saturated rings. The Bertz CT molecular complexity index is 992. The maximum Gasteiger partial charge on any atom is 0.254 e. The first-order chi connectivity index (χ1) is 14.0. The molecule has 29 heavy (non-hydrogen) atoms. The maximum atomic E-state index is 13.8. The molecule has 0 aliphatic rings. The number of primary amides is 1. The van der Waals surface area contributed by atoms with E-state index in [0.29, 0.717) is 12.4 Å². The third kappa shape index (κ3) is 5.65. The van der Waals surface area contributed by atoms with Gasteiger partial charge in [0.1, 0.15) is 24.2 Å². The van der Waals surface area contributed by atoms with Crippen molar-refractivity contribution in [3.63, 3.8) is 0 Å². The summed E-state index contributed by atoms with van der Waals surface area (Å²) in [5.74, 6) is -1.42. The largest absolute Gasteiger partial charge is 0.489 e. The molecule has 0 radical (unpaired) electrons. The molecule has 0 aliphatic carbocycles. The fourth-order valence-electron chi connectivity index (χ4n) is 2.84. The number of nitrogens with one attached hydrogen (secondary N) is 1. The second-order valence-electron chi connectivity index (χ2n) is 6.53. The number of benzene rings is 3. The van der Waals surface area contributed by atoms with Gasteiger partial charge in [0.05, 0.1) is 5.56 Å². The van der Waals surface area contributed by atoms with Crippen molar-refractivity contribution < 1.29 is 18.7 Å². The van der Waals surface area contributed by atoms with Crippen molar-refractivity contribution in [2.45, 2.75) is 19.1 Å². The predicted molar refractivity (Wildman–Crippen MR) is 108 cm³/mol. The van der Waals surface area contributed by atoms with Crippen LogP contribution >= 0.6 is 0 Å². The Kier molecular flexibility index (Phi) is 6.58. The lowest BCUT2D eigenvalue weighted by atomic mass is 10.0. The number of carbonyl (C=O) groups is 2. The number of halogens is 1. The molecule has 0 aliphatic heterocycles. The van der Waals surface area contributed by atoms with Crippen LogP contribution in [0.4, 0.5) is 4.39 Å².